The Morgan fingerprint density at radius 1 is 1.24 bits per heavy atom. The molecule has 2 N–H and O–H groups in total. The van der Waals surface area contributed by atoms with Gasteiger partial charge in [-0.25, -0.2) is 4.98 Å². The average Bonchev–Trinajstić information content (AvgIpc) is 2.94. The number of nitrogens with zero attached hydrogens (tertiary/aromatic N) is 5. The van der Waals surface area contributed by atoms with Crippen molar-refractivity contribution in [2.45, 2.75) is 13.5 Å². The van der Waals surface area contributed by atoms with Gasteiger partial charge in [-0.1, -0.05) is 6.07 Å². The van der Waals surface area contributed by atoms with Crippen molar-refractivity contribution in [2.75, 3.05) is 24.3 Å². The number of imidazole rings is 1. The molecule has 0 saturated heterocycles. The van der Waals surface area contributed by atoms with Gasteiger partial charge in [-0.2, -0.15) is 9.97 Å². The van der Waals surface area contributed by atoms with Crippen LogP contribution in [0.25, 0.3) is 11.2 Å². The van der Waals surface area contributed by atoms with Gasteiger partial charge in [0.15, 0.2) is 11.5 Å². The molecule has 0 atom stereocenters. The number of hydrogen-bond acceptors (Lipinski definition) is 6. The Hall–Kier alpha value is -2.70. The summed E-state index contributed by atoms with van der Waals surface area (Å²) in [5.74, 6) is 1.35. The van der Waals surface area contributed by atoms with Crippen LogP contribution in [-0.2, 0) is 6.54 Å². The standard InChI is InChI=1S/C14H17N7/c1-9-5-4-6-10(18-9)7-21(3)13-11-12(17-8-16-11)19-14(15-2)20-13/h4-6,8H,7H2,1-3H3,(H2,15,16,17,19,20). The number of hydrogen-bond donors (Lipinski definition) is 2. The van der Waals surface area contributed by atoms with Gasteiger partial charge in [-0.05, 0) is 19.1 Å². The fourth-order valence-electron chi connectivity index (χ4n) is 2.21. The summed E-state index contributed by atoms with van der Waals surface area (Å²) in [7, 11) is 3.77. The fourth-order valence-corrected chi connectivity index (χ4v) is 2.21. The molecular weight excluding hydrogens is 266 g/mol. The van der Waals surface area contributed by atoms with Gasteiger partial charge in [0.25, 0.3) is 0 Å². The number of aromatic amines is 1. The molecule has 3 aromatic heterocycles. The van der Waals surface area contributed by atoms with Crippen molar-refractivity contribution < 1.29 is 0 Å². The van der Waals surface area contributed by atoms with Crippen LogP contribution in [0.1, 0.15) is 11.4 Å². The molecule has 21 heavy (non-hydrogen) atoms. The number of rotatable bonds is 4. The van der Waals surface area contributed by atoms with E-state index in [2.05, 4.69) is 30.2 Å². The molecular formula is C14H17N7. The molecule has 0 aliphatic heterocycles. The third-order valence-corrected chi connectivity index (χ3v) is 3.20. The Morgan fingerprint density at radius 3 is 2.86 bits per heavy atom. The second kappa shape index (κ2) is 5.35. The molecule has 0 aromatic carbocycles. The second-order valence-corrected chi connectivity index (χ2v) is 4.85. The highest BCUT2D eigenvalue weighted by Gasteiger charge is 2.14. The molecule has 0 bridgehead atoms. The molecule has 3 heterocycles. The predicted molar refractivity (Wildman–Crippen MR) is 82.3 cm³/mol. The van der Waals surface area contributed by atoms with E-state index in [0.717, 1.165) is 22.7 Å². The lowest BCUT2D eigenvalue weighted by Gasteiger charge is -2.18. The zero-order valence-corrected chi connectivity index (χ0v) is 12.3. The minimum Gasteiger partial charge on any atom is -0.357 e. The Bertz CT molecular complexity index is 765. The van der Waals surface area contributed by atoms with Crippen LogP contribution >= 0.6 is 0 Å². The maximum Gasteiger partial charge on any atom is 0.226 e. The second-order valence-electron chi connectivity index (χ2n) is 4.85. The molecule has 3 aromatic rings. The number of H-pyrrole nitrogens is 1. The molecule has 7 heteroatoms. The maximum absolute atomic E-state index is 4.52. The van der Waals surface area contributed by atoms with Crippen LogP contribution in [-0.4, -0.2) is 39.0 Å². The minimum absolute atomic E-state index is 0.550. The van der Waals surface area contributed by atoms with E-state index in [1.165, 1.54) is 0 Å². The van der Waals surface area contributed by atoms with E-state index >= 15 is 0 Å². The molecule has 0 spiro atoms. The number of fused-ring (bicyclic) bond motifs is 1. The minimum atomic E-state index is 0.550. The molecule has 0 amide bonds. The molecule has 0 unspecified atom stereocenters. The largest absolute Gasteiger partial charge is 0.357 e. The lowest BCUT2D eigenvalue weighted by Crippen LogP contribution is -2.20. The van der Waals surface area contributed by atoms with Crippen molar-refractivity contribution in [2.24, 2.45) is 0 Å². The zero-order valence-electron chi connectivity index (χ0n) is 12.3. The number of aromatic nitrogens is 5. The van der Waals surface area contributed by atoms with E-state index in [1.807, 2.05) is 37.1 Å². The fraction of sp³-hybridized carbons (Fsp3) is 0.286. The van der Waals surface area contributed by atoms with Crippen LogP contribution in [0.15, 0.2) is 24.5 Å². The summed E-state index contributed by atoms with van der Waals surface area (Å²) in [4.78, 5) is 22.7. The molecule has 0 aliphatic rings. The normalized spacial score (nSPS) is 10.8. The molecule has 0 fully saturated rings. The van der Waals surface area contributed by atoms with Gasteiger partial charge in [0.2, 0.25) is 5.95 Å². The smallest absolute Gasteiger partial charge is 0.226 e. The number of anilines is 2. The Balaban J connectivity index is 1.97. The van der Waals surface area contributed by atoms with E-state index in [0.29, 0.717) is 18.1 Å². The van der Waals surface area contributed by atoms with Gasteiger partial charge in [0, 0.05) is 19.8 Å². The highest BCUT2D eigenvalue weighted by Crippen LogP contribution is 2.22. The summed E-state index contributed by atoms with van der Waals surface area (Å²) in [6.07, 6.45) is 1.63. The van der Waals surface area contributed by atoms with Crippen molar-refractivity contribution in [3.8, 4) is 0 Å². The van der Waals surface area contributed by atoms with Crippen molar-refractivity contribution in [1.29, 1.82) is 0 Å². The lowest BCUT2D eigenvalue weighted by atomic mass is 10.3. The van der Waals surface area contributed by atoms with Gasteiger partial charge in [-0.15, -0.1) is 0 Å². The van der Waals surface area contributed by atoms with Crippen molar-refractivity contribution in [3.63, 3.8) is 0 Å². The van der Waals surface area contributed by atoms with Gasteiger partial charge in [-0.3, -0.25) is 4.98 Å². The van der Waals surface area contributed by atoms with Crippen LogP contribution in [0.3, 0.4) is 0 Å². The Morgan fingerprint density at radius 2 is 2.10 bits per heavy atom. The predicted octanol–water partition coefficient (Wildman–Crippen LogP) is 1.73. The van der Waals surface area contributed by atoms with Crippen LogP contribution in [0, 0.1) is 6.92 Å². The third kappa shape index (κ3) is 2.62. The highest BCUT2D eigenvalue weighted by atomic mass is 15.2. The Labute approximate surface area is 122 Å². The molecule has 3 rings (SSSR count). The average molecular weight is 283 g/mol. The summed E-state index contributed by atoms with van der Waals surface area (Å²) < 4.78 is 0. The van der Waals surface area contributed by atoms with Crippen molar-refractivity contribution in [3.05, 3.63) is 35.9 Å². The first-order valence-corrected chi connectivity index (χ1v) is 6.70. The van der Waals surface area contributed by atoms with Gasteiger partial charge in [0.1, 0.15) is 5.52 Å². The quantitative estimate of drug-likeness (QED) is 0.759. The number of pyridine rings is 1. The molecule has 0 aliphatic carbocycles. The molecule has 0 saturated carbocycles. The van der Waals surface area contributed by atoms with Gasteiger partial charge < -0.3 is 15.2 Å². The maximum atomic E-state index is 4.52. The topological polar surface area (TPSA) is 82.6 Å². The van der Waals surface area contributed by atoms with Gasteiger partial charge >= 0.3 is 0 Å². The summed E-state index contributed by atoms with van der Waals surface area (Å²) in [6.45, 7) is 2.65. The van der Waals surface area contributed by atoms with E-state index in [-0.39, 0.29) is 0 Å². The third-order valence-electron chi connectivity index (χ3n) is 3.20. The molecule has 7 nitrogen and oxygen atoms in total. The van der Waals surface area contributed by atoms with Crippen molar-refractivity contribution in [1.82, 2.24) is 24.9 Å². The van der Waals surface area contributed by atoms with E-state index in [9.17, 15) is 0 Å². The SMILES string of the molecule is CNc1nc(N(C)Cc2cccc(C)n2)c2[nH]cnc2n1. The van der Waals surface area contributed by atoms with Crippen LogP contribution in [0.5, 0.6) is 0 Å². The van der Waals surface area contributed by atoms with E-state index in [1.54, 1.807) is 13.4 Å². The monoisotopic (exact) mass is 283 g/mol. The lowest BCUT2D eigenvalue weighted by molar-refractivity contribution is 0.860. The molecule has 108 valence electrons. The van der Waals surface area contributed by atoms with E-state index < -0.39 is 0 Å². The summed E-state index contributed by atoms with van der Waals surface area (Å²) >= 11 is 0. The van der Waals surface area contributed by atoms with Crippen molar-refractivity contribution >= 4 is 22.9 Å². The summed E-state index contributed by atoms with van der Waals surface area (Å²) in [5.41, 5.74) is 3.47. The van der Waals surface area contributed by atoms with Crippen LogP contribution in [0.4, 0.5) is 11.8 Å². The summed E-state index contributed by atoms with van der Waals surface area (Å²) in [5, 5.41) is 2.96. The first-order chi connectivity index (χ1) is 10.2. The van der Waals surface area contributed by atoms with Gasteiger partial charge in [0.05, 0.1) is 18.6 Å². The Kier molecular flexibility index (Phi) is 3.39. The van der Waals surface area contributed by atoms with Crippen LogP contribution in [0.2, 0.25) is 0 Å². The van der Waals surface area contributed by atoms with E-state index in [4.69, 9.17) is 0 Å². The number of nitrogens with one attached hydrogen (secondary N) is 2. The first-order valence-electron chi connectivity index (χ1n) is 6.70. The zero-order chi connectivity index (χ0) is 14.8. The summed E-state index contributed by atoms with van der Waals surface area (Å²) in [6, 6.07) is 6.00. The number of aryl methyl sites for hydroxylation is 1. The first kappa shape index (κ1) is 13.3. The molecule has 0 radical (unpaired) electrons. The highest BCUT2D eigenvalue weighted by molar-refractivity contribution is 5.84. The van der Waals surface area contributed by atoms with Crippen LogP contribution < -0.4 is 10.2 Å².